The van der Waals surface area contributed by atoms with E-state index in [0.29, 0.717) is 25.9 Å². The number of hydrogen-bond acceptors (Lipinski definition) is 4. The number of carbonyl (C=O) groups is 2. The van der Waals surface area contributed by atoms with Gasteiger partial charge < -0.3 is 10.1 Å². The number of esters is 1. The summed E-state index contributed by atoms with van der Waals surface area (Å²) in [5.41, 5.74) is 2.61. The van der Waals surface area contributed by atoms with Crippen LogP contribution in [-0.2, 0) is 14.3 Å². The Morgan fingerprint density at radius 2 is 2.04 bits per heavy atom. The van der Waals surface area contributed by atoms with Crippen LogP contribution >= 0.6 is 0 Å². The second-order valence-corrected chi connectivity index (χ2v) is 5.61. The monoisotopic (exact) mass is 316 g/mol. The van der Waals surface area contributed by atoms with Gasteiger partial charge in [0.2, 0.25) is 5.91 Å². The molecule has 0 saturated carbocycles. The number of nitrogens with zero attached hydrogens (tertiary/aromatic N) is 1. The second-order valence-electron chi connectivity index (χ2n) is 5.61. The fourth-order valence-electron chi connectivity index (χ4n) is 2.59. The van der Waals surface area contributed by atoms with E-state index < -0.39 is 0 Å². The standard InChI is InChI=1S/C18H24N2O3/c1-23-18(22)8-5-11-19-17(21)14-20-12-9-16(10-13-20)15-6-3-2-4-7-15/h2-4,6-7,9H,5,8,10-14H2,1H3,(H,19,21). The van der Waals surface area contributed by atoms with Crippen molar-refractivity contribution in [2.75, 3.05) is 33.3 Å². The van der Waals surface area contributed by atoms with Gasteiger partial charge in [-0.1, -0.05) is 36.4 Å². The van der Waals surface area contributed by atoms with Gasteiger partial charge in [-0.15, -0.1) is 0 Å². The van der Waals surface area contributed by atoms with Gasteiger partial charge in [-0.2, -0.15) is 0 Å². The van der Waals surface area contributed by atoms with Crippen molar-refractivity contribution in [2.45, 2.75) is 19.3 Å². The van der Waals surface area contributed by atoms with E-state index >= 15 is 0 Å². The van der Waals surface area contributed by atoms with Gasteiger partial charge in [0.25, 0.3) is 0 Å². The average Bonchev–Trinajstić information content (AvgIpc) is 2.60. The van der Waals surface area contributed by atoms with E-state index in [-0.39, 0.29) is 11.9 Å². The van der Waals surface area contributed by atoms with E-state index in [9.17, 15) is 9.59 Å². The van der Waals surface area contributed by atoms with Crippen LogP contribution in [0.5, 0.6) is 0 Å². The van der Waals surface area contributed by atoms with Crippen LogP contribution in [0.1, 0.15) is 24.8 Å². The fraction of sp³-hybridized carbons (Fsp3) is 0.444. The predicted molar refractivity (Wildman–Crippen MR) is 89.7 cm³/mol. The number of ether oxygens (including phenoxy) is 1. The van der Waals surface area contributed by atoms with Crippen LogP contribution in [0.15, 0.2) is 36.4 Å². The van der Waals surface area contributed by atoms with E-state index in [1.807, 2.05) is 18.2 Å². The molecular weight excluding hydrogens is 292 g/mol. The summed E-state index contributed by atoms with van der Waals surface area (Å²) in [6, 6.07) is 10.4. The Bertz CT molecular complexity index is 555. The van der Waals surface area contributed by atoms with Gasteiger partial charge in [0, 0.05) is 26.1 Å². The van der Waals surface area contributed by atoms with E-state index in [1.165, 1.54) is 18.2 Å². The highest BCUT2D eigenvalue weighted by molar-refractivity contribution is 5.78. The minimum Gasteiger partial charge on any atom is -0.469 e. The van der Waals surface area contributed by atoms with Crippen LogP contribution in [0.2, 0.25) is 0 Å². The quantitative estimate of drug-likeness (QED) is 0.616. The highest BCUT2D eigenvalue weighted by Crippen LogP contribution is 2.21. The van der Waals surface area contributed by atoms with E-state index in [0.717, 1.165) is 19.5 Å². The highest BCUT2D eigenvalue weighted by atomic mass is 16.5. The summed E-state index contributed by atoms with van der Waals surface area (Å²) in [4.78, 5) is 25.0. The molecule has 1 heterocycles. The summed E-state index contributed by atoms with van der Waals surface area (Å²) < 4.78 is 4.56. The first-order valence-corrected chi connectivity index (χ1v) is 7.99. The molecule has 0 fully saturated rings. The Balaban J connectivity index is 1.68. The maximum atomic E-state index is 11.9. The van der Waals surface area contributed by atoms with Crippen LogP contribution in [-0.4, -0.2) is 50.1 Å². The second kappa shape index (κ2) is 9.10. The van der Waals surface area contributed by atoms with Crippen LogP contribution in [0.25, 0.3) is 5.57 Å². The third-order valence-electron chi connectivity index (χ3n) is 3.91. The lowest BCUT2D eigenvalue weighted by Crippen LogP contribution is -2.39. The molecule has 0 atom stereocenters. The molecule has 1 aromatic rings. The zero-order valence-corrected chi connectivity index (χ0v) is 13.6. The molecule has 0 spiro atoms. The molecular formula is C18H24N2O3. The van der Waals surface area contributed by atoms with E-state index in [4.69, 9.17) is 0 Å². The molecule has 5 heteroatoms. The van der Waals surface area contributed by atoms with Crippen molar-refractivity contribution in [3.05, 3.63) is 42.0 Å². The Morgan fingerprint density at radius 1 is 1.26 bits per heavy atom. The van der Waals surface area contributed by atoms with Gasteiger partial charge >= 0.3 is 5.97 Å². The molecule has 0 aliphatic carbocycles. The van der Waals surface area contributed by atoms with Crippen molar-refractivity contribution in [1.82, 2.24) is 10.2 Å². The average molecular weight is 316 g/mol. The first-order chi connectivity index (χ1) is 11.2. The molecule has 23 heavy (non-hydrogen) atoms. The predicted octanol–water partition coefficient (Wildman–Crippen LogP) is 1.85. The lowest BCUT2D eigenvalue weighted by molar-refractivity contribution is -0.140. The normalized spacial score (nSPS) is 14.9. The lowest BCUT2D eigenvalue weighted by Gasteiger charge is -2.25. The molecule has 5 nitrogen and oxygen atoms in total. The summed E-state index contributed by atoms with van der Waals surface area (Å²) in [5, 5.41) is 2.84. The van der Waals surface area contributed by atoms with Gasteiger partial charge in [0.15, 0.2) is 0 Å². The molecule has 1 aliphatic rings. The summed E-state index contributed by atoms with van der Waals surface area (Å²) in [6.45, 7) is 2.58. The van der Waals surface area contributed by atoms with Crippen LogP contribution in [0.3, 0.4) is 0 Å². The third kappa shape index (κ3) is 5.87. The highest BCUT2D eigenvalue weighted by Gasteiger charge is 2.15. The Hall–Kier alpha value is -2.14. The molecule has 0 unspecified atom stereocenters. The van der Waals surface area contributed by atoms with Crippen LogP contribution < -0.4 is 5.32 Å². The van der Waals surface area contributed by atoms with Gasteiger partial charge in [-0.05, 0) is 24.0 Å². The maximum absolute atomic E-state index is 11.9. The van der Waals surface area contributed by atoms with Crippen molar-refractivity contribution in [3.8, 4) is 0 Å². The minimum absolute atomic E-state index is 0.00595. The summed E-state index contributed by atoms with van der Waals surface area (Å²) >= 11 is 0. The SMILES string of the molecule is COC(=O)CCCNC(=O)CN1CC=C(c2ccccc2)CC1. The van der Waals surface area contributed by atoms with E-state index in [1.54, 1.807) is 0 Å². The maximum Gasteiger partial charge on any atom is 0.305 e. The van der Waals surface area contributed by atoms with Crippen LogP contribution in [0.4, 0.5) is 0 Å². The van der Waals surface area contributed by atoms with Gasteiger partial charge in [0.1, 0.15) is 0 Å². The zero-order chi connectivity index (χ0) is 16.5. The summed E-state index contributed by atoms with van der Waals surface area (Å²) in [7, 11) is 1.37. The molecule has 2 rings (SSSR count). The molecule has 0 bridgehead atoms. The van der Waals surface area contributed by atoms with Crippen molar-refractivity contribution < 1.29 is 14.3 Å². The Kier molecular flexibility index (Phi) is 6.81. The van der Waals surface area contributed by atoms with Gasteiger partial charge in [-0.25, -0.2) is 0 Å². The van der Waals surface area contributed by atoms with E-state index in [2.05, 4.69) is 33.2 Å². The number of benzene rings is 1. The fourth-order valence-corrected chi connectivity index (χ4v) is 2.59. The summed E-state index contributed by atoms with van der Waals surface area (Å²) in [6.07, 6.45) is 4.10. The molecule has 1 aromatic carbocycles. The number of methoxy groups -OCH3 is 1. The third-order valence-corrected chi connectivity index (χ3v) is 3.91. The Labute approximate surface area is 137 Å². The first kappa shape index (κ1) is 17.2. The molecule has 0 radical (unpaired) electrons. The number of nitrogens with one attached hydrogen (secondary N) is 1. The molecule has 1 aliphatic heterocycles. The molecule has 0 aromatic heterocycles. The Morgan fingerprint density at radius 3 is 2.70 bits per heavy atom. The number of hydrogen-bond donors (Lipinski definition) is 1. The number of carbonyl (C=O) groups excluding carboxylic acids is 2. The van der Waals surface area contributed by atoms with Gasteiger partial charge in [0.05, 0.1) is 13.7 Å². The lowest BCUT2D eigenvalue weighted by atomic mass is 10.00. The summed E-state index contributed by atoms with van der Waals surface area (Å²) in [5.74, 6) is -0.236. The van der Waals surface area contributed by atoms with Crippen molar-refractivity contribution in [2.24, 2.45) is 0 Å². The smallest absolute Gasteiger partial charge is 0.305 e. The van der Waals surface area contributed by atoms with Crippen LogP contribution in [0, 0.1) is 0 Å². The first-order valence-electron chi connectivity index (χ1n) is 7.99. The van der Waals surface area contributed by atoms with Crippen molar-refractivity contribution in [1.29, 1.82) is 0 Å². The number of rotatable bonds is 7. The number of amides is 1. The molecule has 124 valence electrons. The van der Waals surface area contributed by atoms with Crippen molar-refractivity contribution in [3.63, 3.8) is 0 Å². The molecule has 0 saturated heterocycles. The van der Waals surface area contributed by atoms with Crippen molar-refractivity contribution >= 4 is 17.4 Å². The molecule has 1 N–H and O–H groups in total. The topological polar surface area (TPSA) is 58.6 Å². The minimum atomic E-state index is -0.242. The zero-order valence-electron chi connectivity index (χ0n) is 13.6. The van der Waals surface area contributed by atoms with Gasteiger partial charge in [-0.3, -0.25) is 14.5 Å². The largest absolute Gasteiger partial charge is 0.469 e. The molecule has 1 amide bonds.